The van der Waals surface area contributed by atoms with E-state index in [0.717, 1.165) is 24.3 Å². The van der Waals surface area contributed by atoms with Gasteiger partial charge in [-0.3, -0.25) is 14.5 Å². The fourth-order valence-electron chi connectivity index (χ4n) is 3.21. The van der Waals surface area contributed by atoms with Crippen molar-refractivity contribution in [2.75, 3.05) is 38.0 Å². The predicted molar refractivity (Wildman–Crippen MR) is 110 cm³/mol. The van der Waals surface area contributed by atoms with Gasteiger partial charge in [-0.15, -0.1) is 0 Å². The second kappa shape index (κ2) is 9.27. The molecule has 3 rings (SSSR count). The number of carbonyl (C=O) groups excluding carboxylic acids is 2. The van der Waals surface area contributed by atoms with Crippen molar-refractivity contribution in [3.8, 4) is 0 Å². The topological polar surface area (TPSA) is 113 Å². The molecule has 172 valence electrons. The summed E-state index contributed by atoms with van der Waals surface area (Å²) in [5.41, 5.74) is 5.05. The lowest BCUT2D eigenvalue weighted by Crippen LogP contribution is -2.50. The van der Waals surface area contributed by atoms with E-state index < -0.39 is 27.7 Å². The molecule has 0 spiro atoms. The number of anilines is 1. The van der Waals surface area contributed by atoms with Gasteiger partial charge in [0.05, 0.1) is 17.0 Å². The van der Waals surface area contributed by atoms with Crippen molar-refractivity contribution in [3.05, 3.63) is 59.7 Å². The average molecular weight is 470 g/mol. The molecular formula is C20H21F3N4O4S. The van der Waals surface area contributed by atoms with Crippen LogP contribution in [-0.2, 0) is 21.0 Å². The molecule has 1 saturated heterocycles. The highest BCUT2D eigenvalue weighted by molar-refractivity contribution is 7.89. The molecule has 0 bridgehead atoms. The van der Waals surface area contributed by atoms with Gasteiger partial charge < -0.3 is 11.1 Å². The first-order valence-electron chi connectivity index (χ1n) is 9.56. The monoisotopic (exact) mass is 470 g/mol. The van der Waals surface area contributed by atoms with Crippen LogP contribution in [0, 0.1) is 0 Å². The first-order valence-corrected chi connectivity index (χ1v) is 11.0. The first-order chi connectivity index (χ1) is 15.0. The number of rotatable bonds is 6. The second-order valence-corrected chi connectivity index (χ2v) is 9.13. The van der Waals surface area contributed by atoms with Crippen LogP contribution in [0.15, 0.2) is 53.4 Å². The summed E-state index contributed by atoms with van der Waals surface area (Å²) in [6.07, 6.45) is -4.54. The van der Waals surface area contributed by atoms with E-state index in [1.807, 2.05) is 0 Å². The van der Waals surface area contributed by atoms with Gasteiger partial charge in [0.1, 0.15) is 0 Å². The van der Waals surface area contributed by atoms with Crippen molar-refractivity contribution < 1.29 is 31.2 Å². The summed E-state index contributed by atoms with van der Waals surface area (Å²) in [4.78, 5) is 24.9. The third kappa shape index (κ3) is 5.64. The predicted octanol–water partition coefficient (Wildman–Crippen LogP) is 1.75. The van der Waals surface area contributed by atoms with E-state index in [4.69, 9.17) is 5.73 Å². The van der Waals surface area contributed by atoms with Gasteiger partial charge in [0, 0.05) is 37.4 Å². The van der Waals surface area contributed by atoms with Gasteiger partial charge in [-0.1, -0.05) is 0 Å². The van der Waals surface area contributed by atoms with E-state index in [0.29, 0.717) is 11.3 Å². The molecular weight excluding hydrogens is 449 g/mol. The van der Waals surface area contributed by atoms with Crippen LogP contribution in [0.1, 0.15) is 15.9 Å². The second-order valence-electron chi connectivity index (χ2n) is 7.19. The number of sulfonamides is 1. The molecule has 2 amide bonds. The Bertz CT molecular complexity index is 1080. The number of benzene rings is 2. The molecule has 0 atom stereocenters. The Morgan fingerprint density at radius 2 is 1.50 bits per heavy atom. The Kier molecular flexibility index (Phi) is 6.86. The number of halogens is 3. The van der Waals surface area contributed by atoms with E-state index in [2.05, 4.69) is 5.32 Å². The van der Waals surface area contributed by atoms with E-state index >= 15 is 0 Å². The minimum Gasteiger partial charge on any atom is -0.366 e. The molecule has 1 aliphatic heterocycles. The molecule has 2 aromatic rings. The summed E-state index contributed by atoms with van der Waals surface area (Å²) in [6, 6.07) is 9.45. The number of hydrogen-bond donors (Lipinski definition) is 2. The molecule has 0 aromatic heterocycles. The Morgan fingerprint density at radius 3 is 2.00 bits per heavy atom. The van der Waals surface area contributed by atoms with Gasteiger partial charge in [0.15, 0.2) is 0 Å². The van der Waals surface area contributed by atoms with Crippen molar-refractivity contribution in [1.29, 1.82) is 0 Å². The molecule has 0 aliphatic carbocycles. The molecule has 8 nitrogen and oxygen atoms in total. The van der Waals surface area contributed by atoms with Gasteiger partial charge in [0.25, 0.3) is 0 Å². The molecule has 1 heterocycles. The third-order valence-corrected chi connectivity index (χ3v) is 6.88. The molecule has 0 radical (unpaired) electrons. The third-order valence-electron chi connectivity index (χ3n) is 4.97. The number of nitrogens with two attached hydrogens (primary N) is 1. The number of primary amides is 1. The highest BCUT2D eigenvalue weighted by Crippen LogP contribution is 2.30. The maximum absolute atomic E-state index is 12.7. The zero-order valence-electron chi connectivity index (χ0n) is 16.8. The average Bonchev–Trinajstić information content (AvgIpc) is 2.74. The quantitative estimate of drug-likeness (QED) is 0.668. The van der Waals surface area contributed by atoms with Gasteiger partial charge >= 0.3 is 6.18 Å². The lowest BCUT2D eigenvalue weighted by molar-refractivity contribution is -0.137. The van der Waals surface area contributed by atoms with Crippen LogP contribution >= 0.6 is 0 Å². The summed E-state index contributed by atoms with van der Waals surface area (Å²) in [5, 5.41) is 2.68. The highest BCUT2D eigenvalue weighted by Gasteiger charge is 2.32. The van der Waals surface area contributed by atoms with Crippen LogP contribution in [-0.4, -0.2) is 62.2 Å². The molecule has 1 aliphatic rings. The van der Waals surface area contributed by atoms with Crippen molar-refractivity contribution in [2.45, 2.75) is 11.1 Å². The van der Waals surface area contributed by atoms with Crippen LogP contribution in [0.4, 0.5) is 18.9 Å². The van der Waals surface area contributed by atoms with Crippen molar-refractivity contribution in [2.24, 2.45) is 5.73 Å². The standard InChI is InChI=1S/C20H21F3N4O4S/c21-20(22,23)15-3-7-17(8-4-15)32(30,31)27-11-9-26(10-12-27)13-18(28)25-16-5-1-14(2-6-16)19(24)29/h1-8H,9-13H2,(H2,24,29)(H,25,28). The largest absolute Gasteiger partial charge is 0.416 e. The maximum Gasteiger partial charge on any atom is 0.416 e. The smallest absolute Gasteiger partial charge is 0.366 e. The van der Waals surface area contributed by atoms with Crippen LogP contribution in [0.5, 0.6) is 0 Å². The first kappa shape index (κ1) is 23.7. The Morgan fingerprint density at radius 1 is 0.938 bits per heavy atom. The number of piperazine rings is 1. The Labute approximate surface area is 182 Å². The van der Waals surface area contributed by atoms with E-state index in [-0.39, 0.29) is 43.5 Å². The van der Waals surface area contributed by atoms with Crippen molar-refractivity contribution in [1.82, 2.24) is 9.21 Å². The van der Waals surface area contributed by atoms with Crippen LogP contribution in [0.25, 0.3) is 0 Å². The Balaban J connectivity index is 1.53. The molecule has 1 fully saturated rings. The number of carbonyl (C=O) groups is 2. The van der Waals surface area contributed by atoms with Crippen LogP contribution in [0.2, 0.25) is 0 Å². The zero-order valence-corrected chi connectivity index (χ0v) is 17.6. The van der Waals surface area contributed by atoms with E-state index in [1.54, 1.807) is 17.0 Å². The molecule has 12 heteroatoms. The van der Waals surface area contributed by atoms with Gasteiger partial charge in [-0.25, -0.2) is 8.42 Å². The van der Waals surface area contributed by atoms with E-state index in [9.17, 15) is 31.2 Å². The number of nitrogens with one attached hydrogen (secondary N) is 1. The lowest BCUT2D eigenvalue weighted by atomic mass is 10.2. The summed E-state index contributed by atoms with van der Waals surface area (Å²) in [7, 11) is -3.93. The molecule has 0 saturated carbocycles. The van der Waals surface area contributed by atoms with Gasteiger partial charge in [-0.2, -0.15) is 17.5 Å². The fourth-order valence-corrected chi connectivity index (χ4v) is 4.64. The maximum atomic E-state index is 12.7. The molecule has 3 N–H and O–H groups in total. The van der Waals surface area contributed by atoms with Crippen LogP contribution in [0.3, 0.4) is 0 Å². The van der Waals surface area contributed by atoms with E-state index in [1.165, 1.54) is 16.4 Å². The van der Waals surface area contributed by atoms with Crippen LogP contribution < -0.4 is 11.1 Å². The van der Waals surface area contributed by atoms with Crippen molar-refractivity contribution >= 4 is 27.5 Å². The number of hydrogen-bond acceptors (Lipinski definition) is 5. The molecule has 2 aromatic carbocycles. The zero-order chi connectivity index (χ0) is 23.5. The van der Waals surface area contributed by atoms with Gasteiger partial charge in [-0.05, 0) is 48.5 Å². The summed E-state index contributed by atoms with van der Waals surface area (Å²) >= 11 is 0. The highest BCUT2D eigenvalue weighted by atomic mass is 32.2. The number of nitrogens with zero attached hydrogens (tertiary/aromatic N) is 2. The minimum absolute atomic E-state index is 0.0335. The SMILES string of the molecule is NC(=O)c1ccc(NC(=O)CN2CCN(S(=O)(=O)c3ccc(C(F)(F)F)cc3)CC2)cc1. The molecule has 0 unspecified atom stereocenters. The summed E-state index contributed by atoms with van der Waals surface area (Å²) < 4.78 is 64.7. The fraction of sp³-hybridized carbons (Fsp3) is 0.300. The lowest BCUT2D eigenvalue weighted by Gasteiger charge is -2.33. The molecule has 32 heavy (non-hydrogen) atoms. The number of amides is 2. The Hall–Kier alpha value is -2.96. The summed E-state index contributed by atoms with van der Waals surface area (Å²) in [5.74, 6) is -0.886. The summed E-state index contributed by atoms with van der Waals surface area (Å²) in [6.45, 7) is 0.807. The van der Waals surface area contributed by atoms with Gasteiger partial charge in [0.2, 0.25) is 21.8 Å². The van der Waals surface area contributed by atoms with Crippen molar-refractivity contribution in [3.63, 3.8) is 0 Å². The normalized spacial score (nSPS) is 16.0. The number of alkyl halides is 3. The minimum atomic E-state index is -4.54.